The van der Waals surface area contributed by atoms with Crippen LogP contribution in [0.4, 0.5) is 0 Å². The number of carboxylic acid groups (broad SMARTS) is 1. The lowest BCUT2D eigenvalue weighted by atomic mass is 10.1. The largest absolute Gasteiger partial charge is 0.481 e. The van der Waals surface area contributed by atoms with Crippen molar-refractivity contribution in [2.45, 2.75) is 4.90 Å². The van der Waals surface area contributed by atoms with Crippen LogP contribution in [0, 0.1) is 11.8 Å². The summed E-state index contributed by atoms with van der Waals surface area (Å²) >= 11 is 7.61. The maximum atomic E-state index is 10.6. The Hall–Kier alpha value is -2.09. The van der Waals surface area contributed by atoms with Crippen molar-refractivity contribution in [3.8, 4) is 17.6 Å². The summed E-state index contributed by atoms with van der Waals surface area (Å²) < 4.78 is 5.22. The second kappa shape index (κ2) is 7.79. The first-order chi connectivity index (χ1) is 10.6. The highest BCUT2D eigenvalue weighted by Gasteiger charge is 2.05. The molecule has 0 unspecified atom stereocenters. The van der Waals surface area contributed by atoms with Gasteiger partial charge in [-0.05, 0) is 42.7 Å². The molecule has 0 saturated heterocycles. The smallest absolute Gasteiger partial charge is 0.341 e. The average Bonchev–Trinajstić information content (AvgIpc) is 2.52. The molecule has 2 aromatic carbocycles. The van der Waals surface area contributed by atoms with Gasteiger partial charge in [0.25, 0.3) is 0 Å². The van der Waals surface area contributed by atoms with Crippen LogP contribution < -0.4 is 4.74 Å². The van der Waals surface area contributed by atoms with Crippen LogP contribution in [-0.4, -0.2) is 23.9 Å². The minimum Gasteiger partial charge on any atom is -0.481 e. The predicted molar refractivity (Wildman–Crippen MR) is 88.8 cm³/mol. The third-order valence-corrected chi connectivity index (χ3v) is 3.66. The molecule has 2 aromatic rings. The normalized spacial score (nSPS) is 9.73. The molecular formula is C17H13ClO3S. The molecule has 0 saturated carbocycles. The fraction of sp³-hybridized carbons (Fsp3) is 0.118. The van der Waals surface area contributed by atoms with Gasteiger partial charge in [0.05, 0.1) is 5.56 Å². The Bertz CT molecular complexity index is 747. The summed E-state index contributed by atoms with van der Waals surface area (Å²) in [6.07, 6.45) is 2.00. The lowest BCUT2D eigenvalue weighted by Crippen LogP contribution is -2.10. The maximum Gasteiger partial charge on any atom is 0.341 e. The van der Waals surface area contributed by atoms with Crippen molar-refractivity contribution in [3.05, 3.63) is 58.6 Å². The molecule has 0 aliphatic carbocycles. The van der Waals surface area contributed by atoms with Gasteiger partial charge in [0, 0.05) is 15.5 Å². The van der Waals surface area contributed by atoms with E-state index in [0.29, 0.717) is 16.3 Å². The number of hydrogen-bond acceptors (Lipinski definition) is 3. The molecule has 0 aliphatic rings. The second-order valence-electron chi connectivity index (χ2n) is 4.30. The quantitative estimate of drug-likeness (QED) is 0.681. The van der Waals surface area contributed by atoms with Crippen LogP contribution in [0.25, 0.3) is 0 Å². The molecule has 0 amide bonds. The van der Waals surface area contributed by atoms with Gasteiger partial charge in [-0.2, -0.15) is 0 Å². The molecule has 5 heteroatoms. The van der Waals surface area contributed by atoms with E-state index in [1.807, 2.05) is 30.5 Å². The molecule has 0 atom stereocenters. The van der Waals surface area contributed by atoms with Crippen molar-refractivity contribution >= 4 is 29.3 Å². The van der Waals surface area contributed by atoms with Gasteiger partial charge in [-0.15, -0.1) is 11.8 Å². The summed E-state index contributed by atoms with van der Waals surface area (Å²) in [5.74, 6) is 5.39. The molecule has 0 radical (unpaired) electrons. The van der Waals surface area contributed by atoms with E-state index in [1.165, 1.54) is 0 Å². The standard InChI is InChI=1S/C17H13ClO3S/c1-22-15-4-2-3-12(9-15)5-6-13-10-14(18)7-8-16(13)21-11-17(19)20/h2-4,7-10H,11H2,1H3,(H,19,20). The summed E-state index contributed by atoms with van der Waals surface area (Å²) in [6, 6.07) is 12.8. The van der Waals surface area contributed by atoms with Crippen LogP contribution in [0.1, 0.15) is 11.1 Å². The van der Waals surface area contributed by atoms with Crippen molar-refractivity contribution in [1.82, 2.24) is 0 Å². The number of carbonyl (C=O) groups is 1. The molecule has 22 heavy (non-hydrogen) atoms. The fourth-order valence-corrected chi connectivity index (χ4v) is 2.34. The summed E-state index contributed by atoms with van der Waals surface area (Å²) in [5, 5.41) is 9.21. The molecule has 0 aliphatic heterocycles. The van der Waals surface area contributed by atoms with E-state index in [4.69, 9.17) is 21.4 Å². The molecule has 3 nitrogen and oxygen atoms in total. The van der Waals surface area contributed by atoms with E-state index in [1.54, 1.807) is 30.0 Å². The van der Waals surface area contributed by atoms with Crippen LogP contribution in [0.5, 0.6) is 5.75 Å². The Kier molecular flexibility index (Phi) is 5.76. The monoisotopic (exact) mass is 332 g/mol. The van der Waals surface area contributed by atoms with Crippen molar-refractivity contribution in [1.29, 1.82) is 0 Å². The Morgan fingerprint density at radius 3 is 2.82 bits per heavy atom. The summed E-state index contributed by atoms with van der Waals surface area (Å²) in [6.45, 7) is -0.418. The zero-order valence-corrected chi connectivity index (χ0v) is 13.4. The second-order valence-corrected chi connectivity index (χ2v) is 5.62. The van der Waals surface area contributed by atoms with E-state index < -0.39 is 12.6 Å². The minimum absolute atomic E-state index is 0.403. The molecule has 0 heterocycles. The van der Waals surface area contributed by atoms with E-state index >= 15 is 0 Å². The molecule has 0 fully saturated rings. The van der Waals surface area contributed by atoms with Gasteiger partial charge in [0.1, 0.15) is 5.75 Å². The molecule has 2 rings (SSSR count). The van der Waals surface area contributed by atoms with Crippen LogP contribution in [-0.2, 0) is 4.79 Å². The van der Waals surface area contributed by atoms with Crippen molar-refractivity contribution in [3.63, 3.8) is 0 Å². The summed E-state index contributed by atoms with van der Waals surface area (Å²) in [7, 11) is 0. The number of halogens is 1. The molecule has 1 N–H and O–H groups in total. The Labute approximate surface area is 138 Å². The first-order valence-corrected chi connectivity index (χ1v) is 7.99. The lowest BCUT2D eigenvalue weighted by molar-refractivity contribution is -0.139. The van der Waals surface area contributed by atoms with Gasteiger partial charge in [-0.25, -0.2) is 4.79 Å². The Morgan fingerprint density at radius 1 is 1.27 bits per heavy atom. The number of hydrogen-bond donors (Lipinski definition) is 1. The molecule has 0 aromatic heterocycles. The zero-order valence-electron chi connectivity index (χ0n) is 11.8. The number of rotatable bonds is 4. The number of benzene rings is 2. The lowest BCUT2D eigenvalue weighted by Gasteiger charge is -2.06. The minimum atomic E-state index is -1.04. The van der Waals surface area contributed by atoms with Crippen LogP contribution in [0.15, 0.2) is 47.4 Å². The van der Waals surface area contributed by atoms with Gasteiger partial charge in [0.2, 0.25) is 0 Å². The van der Waals surface area contributed by atoms with Gasteiger partial charge >= 0.3 is 5.97 Å². The zero-order chi connectivity index (χ0) is 15.9. The third-order valence-electron chi connectivity index (χ3n) is 2.70. The first kappa shape index (κ1) is 16.3. The highest BCUT2D eigenvalue weighted by Crippen LogP contribution is 2.22. The highest BCUT2D eigenvalue weighted by atomic mass is 35.5. The number of carboxylic acids is 1. The van der Waals surface area contributed by atoms with Gasteiger partial charge < -0.3 is 9.84 Å². The molecule has 0 bridgehead atoms. The van der Waals surface area contributed by atoms with Crippen molar-refractivity contribution in [2.24, 2.45) is 0 Å². The molecular weight excluding hydrogens is 320 g/mol. The number of thioether (sulfide) groups is 1. The number of ether oxygens (including phenoxy) is 1. The van der Waals surface area contributed by atoms with Gasteiger partial charge in [0.15, 0.2) is 6.61 Å². The van der Waals surface area contributed by atoms with Gasteiger partial charge in [-0.3, -0.25) is 0 Å². The van der Waals surface area contributed by atoms with E-state index in [0.717, 1.165) is 10.5 Å². The Morgan fingerprint density at radius 2 is 2.09 bits per heavy atom. The van der Waals surface area contributed by atoms with Crippen LogP contribution >= 0.6 is 23.4 Å². The molecule has 0 spiro atoms. The first-order valence-electron chi connectivity index (χ1n) is 6.38. The van der Waals surface area contributed by atoms with E-state index in [2.05, 4.69) is 11.8 Å². The van der Waals surface area contributed by atoms with E-state index in [-0.39, 0.29) is 0 Å². The SMILES string of the molecule is CSc1cccc(C#Cc2cc(Cl)ccc2OCC(=O)O)c1. The Balaban J connectivity index is 2.30. The molecule has 112 valence electrons. The topological polar surface area (TPSA) is 46.5 Å². The average molecular weight is 333 g/mol. The maximum absolute atomic E-state index is 10.6. The summed E-state index contributed by atoms with van der Waals surface area (Å²) in [4.78, 5) is 11.7. The van der Waals surface area contributed by atoms with Crippen molar-refractivity contribution < 1.29 is 14.6 Å². The fourth-order valence-electron chi connectivity index (χ4n) is 1.71. The van der Waals surface area contributed by atoms with Gasteiger partial charge in [-0.1, -0.05) is 29.5 Å². The van der Waals surface area contributed by atoms with Crippen LogP contribution in [0.2, 0.25) is 5.02 Å². The number of aliphatic carboxylic acids is 1. The highest BCUT2D eigenvalue weighted by molar-refractivity contribution is 7.98. The third kappa shape index (κ3) is 4.73. The van der Waals surface area contributed by atoms with E-state index in [9.17, 15) is 4.79 Å². The predicted octanol–water partition coefficient (Wildman–Crippen LogP) is 3.93. The summed E-state index contributed by atoms with van der Waals surface area (Å²) in [5.41, 5.74) is 1.43. The van der Waals surface area contributed by atoms with Crippen molar-refractivity contribution in [2.75, 3.05) is 12.9 Å². The van der Waals surface area contributed by atoms with Crippen LogP contribution in [0.3, 0.4) is 0 Å².